The third kappa shape index (κ3) is 5.94. The molecule has 0 aliphatic carbocycles. The molecule has 2 aromatic rings. The van der Waals surface area contributed by atoms with Crippen molar-refractivity contribution in [2.45, 2.75) is 46.4 Å². The third-order valence-electron chi connectivity index (χ3n) is 4.12. The molecule has 1 aliphatic heterocycles. The number of nitrogens with zero attached hydrogens (tertiary/aromatic N) is 3. The molecule has 2 aromatic heterocycles. The summed E-state index contributed by atoms with van der Waals surface area (Å²) in [5.41, 5.74) is 6.00. The maximum atomic E-state index is 12.0. The second kappa shape index (κ2) is 12.2. The van der Waals surface area contributed by atoms with Crippen LogP contribution < -0.4 is 11.3 Å². The van der Waals surface area contributed by atoms with Crippen LogP contribution in [0.15, 0.2) is 4.79 Å². The molecule has 0 spiro atoms. The van der Waals surface area contributed by atoms with Crippen LogP contribution in [0.2, 0.25) is 0 Å². The SMILES string of the molecule is CC.CO.COP(OC)OC[C@@H]1C[C@H](C)C(n2c(C)nc3c(=O)[nH]c(N)nc32)O1. The number of nitrogens with one attached hydrogen (secondary N) is 1. The number of nitrogen functional groups attached to an aromatic ring is 1. The van der Waals surface area contributed by atoms with Crippen LogP contribution in [0.5, 0.6) is 0 Å². The van der Waals surface area contributed by atoms with E-state index in [1.54, 1.807) is 0 Å². The molecule has 0 saturated carbocycles. The van der Waals surface area contributed by atoms with E-state index in [9.17, 15) is 4.79 Å². The zero-order valence-corrected chi connectivity index (χ0v) is 18.9. The summed E-state index contributed by atoms with van der Waals surface area (Å²) in [6.45, 7) is 8.24. The first-order valence-corrected chi connectivity index (χ1v) is 10.4. The first kappa shape index (κ1) is 25.4. The second-order valence-corrected chi connectivity index (χ2v) is 7.33. The van der Waals surface area contributed by atoms with Gasteiger partial charge >= 0.3 is 8.60 Å². The van der Waals surface area contributed by atoms with Gasteiger partial charge in [-0.15, -0.1) is 0 Å². The standard InChI is InChI=1S/C14H22N5O5P.C2H6.CH4O/c1-7-5-9(6-23-25(21-3)22-4)24-13(7)19-8(2)16-10-11(19)17-14(15)18-12(10)20;2*1-2/h7,9,13H,5-6H2,1-4H3,(H3,15,17,18,20);1-2H3;2H,1H3/t7-,9-,13?;;/m0../s1. The fraction of sp³-hybridized carbons (Fsp3) is 0.706. The molecule has 0 bridgehead atoms. The molecule has 1 unspecified atom stereocenters. The Kier molecular flexibility index (Phi) is 10.7. The number of hydrogen-bond donors (Lipinski definition) is 3. The van der Waals surface area contributed by atoms with Gasteiger partial charge in [0, 0.05) is 27.2 Å². The summed E-state index contributed by atoms with van der Waals surface area (Å²) in [5.74, 6) is 0.881. The lowest BCUT2D eigenvalue weighted by molar-refractivity contribution is -0.0284. The number of aliphatic hydroxyl groups is 1. The summed E-state index contributed by atoms with van der Waals surface area (Å²) in [7, 11) is 2.70. The number of ether oxygens (including phenoxy) is 1. The first-order valence-electron chi connectivity index (χ1n) is 9.30. The van der Waals surface area contributed by atoms with Gasteiger partial charge < -0.3 is 29.1 Å². The smallest absolute Gasteiger partial charge is 0.332 e. The molecule has 0 aromatic carbocycles. The highest BCUT2D eigenvalue weighted by molar-refractivity contribution is 7.41. The molecule has 12 heteroatoms. The van der Waals surface area contributed by atoms with Crippen LogP contribution >= 0.6 is 8.60 Å². The number of hydrogen-bond acceptors (Lipinski definition) is 9. The summed E-state index contributed by atoms with van der Waals surface area (Å²) < 4.78 is 23.7. The minimum Gasteiger partial charge on any atom is -0.400 e. The average molecular weight is 433 g/mol. The monoisotopic (exact) mass is 433 g/mol. The maximum absolute atomic E-state index is 12.0. The normalized spacial score (nSPS) is 20.9. The Balaban J connectivity index is 0.000000989. The topological polar surface area (TPSA) is 147 Å². The fourth-order valence-corrected chi connectivity index (χ4v) is 3.73. The number of anilines is 1. The van der Waals surface area contributed by atoms with E-state index in [0.29, 0.717) is 18.1 Å². The number of nitrogens with two attached hydrogens (primary N) is 1. The van der Waals surface area contributed by atoms with Crippen LogP contribution in [0.1, 0.15) is 39.2 Å². The molecule has 3 rings (SSSR count). The molecule has 1 aliphatic rings. The van der Waals surface area contributed by atoms with Crippen molar-refractivity contribution < 1.29 is 23.4 Å². The van der Waals surface area contributed by atoms with Gasteiger partial charge in [0.1, 0.15) is 12.1 Å². The highest BCUT2D eigenvalue weighted by atomic mass is 31.2. The van der Waals surface area contributed by atoms with E-state index in [2.05, 4.69) is 21.9 Å². The predicted molar refractivity (Wildman–Crippen MR) is 111 cm³/mol. The van der Waals surface area contributed by atoms with Crippen molar-refractivity contribution in [1.82, 2.24) is 19.5 Å². The Bertz CT molecular complexity index is 809. The van der Waals surface area contributed by atoms with E-state index in [1.807, 2.05) is 25.3 Å². The fourth-order valence-electron chi connectivity index (χ4n) is 3.08. The summed E-state index contributed by atoms with van der Waals surface area (Å²) >= 11 is 0. The van der Waals surface area contributed by atoms with Gasteiger partial charge in [-0.05, 0) is 13.3 Å². The van der Waals surface area contributed by atoms with E-state index in [1.165, 1.54) is 14.2 Å². The predicted octanol–water partition coefficient (Wildman–Crippen LogP) is 2.10. The van der Waals surface area contributed by atoms with Gasteiger partial charge in [-0.25, -0.2) is 4.98 Å². The maximum Gasteiger partial charge on any atom is 0.332 e. The number of fused-ring (bicyclic) bond motifs is 1. The number of rotatable bonds is 6. The summed E-state index contributed by atoms with van der Waals surface area (Å²) in [6.07, 6.45) is 0.370. The molecule has 11 nitrogen and oxygen atoms in total. The van der Waals surface area contributed by atoms with Crippen molar-refractivity contribution in [3.8, 4) is 0 Å². The minimum atomic E-state index is -1.36. The number of imidazole rings is 1. The number of H-pyrrole nitrogens is 1. The van der Waals surface area contributed by atoms with Gasteiger partial charge in [-0.3, -0.25) is 14.3 Å². The van der Waals surface area contributed by atoms with E-state index in [0.717, 1.165) is 13.5 Å². The lowest BCUT2D eigenvalue weighted by Gasteiger charge is -2.20. The van der Waals surface area contributed by atoms with Gasteiger partial charge in [0.15, 0.2) is 11.2 Å². The van der Waals surface area contributed by atoms with Crippen molar-refractivity contribution in [3.05, 3.63) is 16.2 Å². The van der Waals surface area contributed by atoms with Crippen LogP contribution in [-0.2, 0) is 18.3 Å². The molecule has 1 fully saturated rings. The molecule has 1 saturated heterocycles. The Hall–Kier alpha value is -1.62. The Morgan fingerprint density at radius 1 is 1.31 bits per heavy atom. The van der Waals surface area contributed by atoms with Crippen LogP contribution in [0.25, 0.3) is 11.2 Å². The molecule has 0 radical (unpaired) electrons. The van der Waals surface area contributed by atoms with Gasteiger partial charge in [0.25, 0.3) is 5.56 Å². The molecular formula is C17H32N5O6P. The number of aliphatic hydroxyl groups excluding tert-OH is 1. The van der Waals surface area contributed by atoms with E-state index in [-0.39, 0.29) is 35.3 Å². The molecular weight excluding hydrogens is 401 g/mol. The molecule has 3 atom stereocenters. The molecule has 3 heterocycles. The van der Waals surface area contributed by atoms with Gasteiger partial charge in [0.2, 0.25) is 5.95 Å². The van der Waals surface area contributed by atoms with Gasteiger partial charge in [-0.1, -0.05) is 20.8 Å². The zero-order chi connectivity index (χ0) is 22.1. The highest BCUT2D eigenvalue weighted by Gasteiger charge is 2.36. The van der Waals surface area contributed by atoms with E-state index >= 15 is 0 Å². The van der Waals surface area contributed by atoms with E-state index < -0.39 is 8.60 Å². The van der Waals surface area contributed by atoms with Crippen molar-refractivity contribution in [2.75, 3.05) is 33.7 Å². The lowest BCUT2D eigenvalue weighted by atomic mass is 10.1. The number of aromatic nitrogens is 4. The molecule has 29 heavy (non-hydrogen) atoms. The van der Waals surface area contributed by atoms with Crippen LogP contribution in [0, 0.1) is 12.8 Å². The summed E-state index contributed by atoms with van der Waals surface area (Å²) in [4.78, 5) is 23.0. The van der Waals surface area contributed by atoms with Crippen LogP contribution in [-0.4, -0.2) is 58.7 Å². The molecule has 166 valence electrons. The van der Waals surface area contributed by atoms with Crippen molar-refractivity contribution in [1.29, 1.82) is 0 Å². The van der Waals surface area contributed by atoms with Crippen LogP contribution in [0.3, 0.4) is 0 Å². The second-order valence-electron chi connectivity index (χ2n) is 5.90. The molecule has 4 N–H and O–H groups in total. The van der Waals surface area contributed by atoms with Crippen molar-refractivity contribution >= 4 is 25.7 Å². The van der Waals surface area contributed by atoms with Crippen LogP contribution in [0.4, 0.5) is 5.95 Å². The Morgan fingerprint density at radius 2 is 1.93 bits per heavy atom. The van der Waals surface area contributed by atoms with Gasteiger partial charge in [0.05, 0.1) is 12.7 Å². The first-order chi connectivity index (χ1) is 13.9. The lowest BCUT2D eigenvalue weighted by Crippen LogP contribution is -2.19. The minimum absolute atomic E-state index is 0.0509. The average Bonchev–Trinajstić information content (AvgIpc) is 3.24. The number of aryl methyl sites for hydroxylation is 1. The summed E-state index contributed by atoms with van der Waals surface area (Å²) in [5, 5.41) is 7.00. The Morgan fingerprint density at radius 3 is 2.52 bits per heavy atom. The third-order valence-corrected chi connectivity index (χ3v) is 5.07. The Labute approximate surface area is 171 Å². The van der Waals surface area contributed by atoms with E-state index in [4.69, 9.17) is 29.1 Å². The van der Waals surface area contributed by atoms with Crippen molar-refractivity contribution in [2.24, 2.45) is 5.92 Å². The number of aromatic amines is 1. The summed E-state index contributed by atoms with van der Waals surface area (Å²) in [6, 6.07) is 0. The van der Waals surface area contributed by atoms with Crippen molar-refractivity contribution in [3.63, 3.8) is 0 Å². The quantitative estimate of drug-likeness (QED) is 0.583. The largest absolute Gasteiger partial charge is 0.400 e. The van der Waals surface area contributed by atoms with Gasteiger partial charge in [-0.2, -0.15) is 4.98 Å². The highest BCUT2D eigenvalue weighted by Crippen LogP contribution is 2.41. The molecule has 0 amide bonds. The zero-order valence-electron chi connectivity index (χ0n) is 18.0.